The molecule has 0 bridgehead atoms. The molecule has 0 aliphatic carbocycles. The average Bonchev–Trinajstić information content (AvgIpc) is 3.01. The fourth-order valence-corrected chi connectivity index (χ4v) is 5.37. The van der Waals surface area contributed by atoms with Crippen LogP contribution >= 0.6 is 0 Å². The van der Waals surface area contributed by atoms with Crippen LogP contribution in [-0.4, -0.2) is 56.3 Å². The van der Waals surface area contributed by atoms with Gasteiger partial charge in [0.15, 0.2) is 0 Å². The van der Waals surface area contributed by atoms with Crippen LogP contribution in [0.3, 0.4) is 0 Å². The van der Waals surface area contributed by atoms with Crippen molar-refractivity contribution in [3.63, 3.8) is 0 Å². The van der Waals surface area contributed by atoms with Gasteiger partial charge in [-0.15, -0.1) is 0 Å². The summed E-state index contributed by atoms with van der Waals surface area (Å²) >= 11 is 0. The summed E-state index contributed by atoms with van der Waals surface area (Å²) in [6, 6.07) is 0. The van der Waals surface area contributed by atoms with Crippen LogP contribution in [0, 0.1) is 11.3 Å². The van der Waals surface area contributed by atoms with Crippen molar-refractivity contribution in [2.45, 2.75) is 32.6 Å². The van der Waals surface area contributed by atoms with Crippen LogP contribution in [0.1, 0.15) is 32.6 Å². The molecule has 3 heterocycles. The highest BCUT2D eigenvalue weighted by molar-refractivity contribution is 7.86. The zero-order chi connectivity index (χ0) is 13.5. The van der Waals surface area contributed by atoms with Crippen LogP contribution < -0.4 is 5.32 Å². The van der Waals surface area contributed by atoms with Crippen LogP contribution in [0.5, 0.6) is 0 Å². The average molecular weight is 287 g/mol. The normalized spacial score (nSPS) is 35.4. The van der Waals surface area contributed by atoms with Gasteiger partial charge >= 0.3 is 0 Å². The summed E-state index contributed by atoms with van der Waals surface area (Å²) in [5.74, 6) is 0.662. The molecule has 1 atom stereocenters. The molecule has 0 aromatic carbocycles. The van der Waals surface area contributed by atoms with Crippen LogP contribution in [0.25, 0.3) is 0 Å². The predicted molar refractivity (Wildman–Crippen MR) is 75.0 cm³/mol. The van der Waals surface area contributed by atoms with Gasteiger partial charge in [-0.3, -0.25) is 0 Å². The first-order chi connectivity index (χ1) is 9.02. The van der Waals surface area contributed by atoms with Crippen molar-refractivity contribution in [2.24, 2.45) is 11.3 Å². The lowest BCUT2D eigenvalue weighted by Gasteiger charge is -2.33. The van der Waals surface area contributed by atoms with Crippen molar-refractivity contribution >= 4 is 10.2 Å². The van der Waals surface area contributed by atoms with Gasteiger partial charge < -0.3 is 5.32 Å². The second kappa shape index (κ2) is 4.98. The van der Waals surface area contributed by atoms with Gasteiger partial charge in [0.25, 0.3) is 10.2 Å². The Bertz CT molecular complexity index is 423. The summed E-state index contributed by atoms with van der Waals surface area (Å²) in [6.07, 6.45) is 4.14. The van der Waals surface area contributed by atoms with Gasteiger partial charge in [0.1, 0.15) is 0 Å². The van der Waals surface area contributed by atoms with E-state index in [1.54, 1.807) is 8.61 Å². The Morgan fingerprint density at radius 3 is 2.47 bits per heavy atom. The number of nitrogens with one attached hydrogen (secondary N) is 1. The SMILES string of the molecule is CC1CCN(S(=O)(=O)N2CCC3(CCNC3)C2)CC1. The molecule has 0 aromatic rings. The molecule has 0 aromatic heterocycles. The van der Waals surface area contributed by atoms with E-state index in [1.165, 1.54) is 0 Å². The van der Waals surface area contributed by atoms with Crippen LogP contribution in [-0.2, 0) is 10.2 Å². The lowest BCUT2D eigenvalue weighted by atomic mass is 9.87. The molecule has 1 N–H and O–H groups in total. The Balaban J connectivity index is 1.68. The zero-order valence-corrected chi connectivity index (χ0v) is 12.6. The molecule has 19 heavy (non-hydrogen) atoms. The third-order valence-corrected chi connectivity index (χ3v) is 7.11. The summed E-state index contributed by atoms with van der Waals surface area (Å²) in [4.78, 5) is 0. The molecule has 5 nitrogen and oxygen atoms in total. The summed E-state index contributed by atoms with van der Waals surface area (Å²) in [7, 11) is -3.21. The van der Waals surface area contributed by atoms with Crippen molar-refractivity contribution in [3.8, 4) is 0 Å². The number of rotatable bonds is 2. The van der Waals surface area contributed by atoms with Gasteiger partial charge in [-0.2, -0.15) is 17.0 Å². The van der Waals surface area contributed by atoms with E-state index >= 15 is 0 Å². The van der Waals surface area contributed by atoms with E-state index in [4.69, 9.17) is 0 Å². The number of nitrogens with zero attached hydrogens (tertiary/aromatic N) is 2. The van der Waals surface area contributed by atoms with Crippen LogP contribution in [0.4, 0.5) is 0 Å². The van der Waals surface area contributed by atoms with E-state index in [0.717, 1.165) is 38.8 Å². The van der Waals surface area contributed by atoms with Crippen LogP contribution in [0.15, 0.2) is 0 Å². The monoisotopic (exact) mass is 287 g/mol. The first kappa shape index (κ1) is 13.8. The summed E-state index contributed by atoms with van der Waals surface area (Å²) in [5.41, 5.74) is 0.218. The standard InChI is InChI=1S/C13H25N3O2S/c1-12-2-7-15(8-3-12)19(17,18)16-9-5-13(11-16)4-6-14-10-13/h12,14H,2-11H2,1H3. The lowest BCUT2D eigenvalue weighted by Crippen LogP contribution is -2.46. The van der Waals surface area contributed by atoms with Crippen molar-refractivity contribution in [3.05, 3.63) is 0 Å². The van der Waals surface area contributed by atoms with E-state index in [9.17, 15) is 8.42 Å². The Labute approximate surface area is 116 Å². The minimum absolute atomic E-state index is 0.218. The summed E-state index contributed by atoms with van der Waals surface area (Å²) in [5, 5.41) is 3.38. The summed E-state index contributed by atoms with van der Waals surface area (Å²) in [6.45, 7) is 7.05. The molecular formula is C13H25N3O2S. The van der Waals surface area contributed by atoms with Gasteiger partial charge in [-0.05, 0) is 43.6 Å². The van der Waals surface area contributed by atoms with Gasteiger partial charge in [-0.1, -0.05) is 6.92 Å². The second-order valence-electron chi connectivity index (χ2n) is 6.60. The fourth-order valence-electron chi connectivity index (χ4n) is 3.61. The van der Waals surface area contributed by atoms with Gasteiger partial charge in [-0.25, -0.2) is 0 Å². The van der Waals surface area contributed by atoms with Gasteiger partial charge in [0.2, 0.25) is 0 Å². The van der Waals surface area contributed by atoms with E-state index in [2.05, 4.69) is 12.2 Å². The molecule has 1 spiro atoms. The van der Waals surface area contributed by atoms with Crippen molar-refractivity contribution in [1.29, 1.82) is 0 Å². The van der Waals surface area contributed by atoms with Crippen LogP contribution in [0.2, 0.25) is 0 Å². The minimum atomic E-state index is -3.21. The Kier molecular flexibility index (Phi) is 3.62. The minimum Gasteiger partial charge on any atom is -0.316 e. The highest BCUT2D eigenvalue weighted by atomic mass is 32.2. The van der Waals surface area contributed by atoms with Crippen molar-refractivity contribution in [1.82, 2.24) is 13.9 Å². The molecule has 0 saturated carbocycles. The van der Waals surface area contributed by atoms with E-state index < -0.39 is 10.2 Å². The highest BCUT2D eigenvalue weighted by Gasteiger charge is 2.45. The van der Waals surface area contributed by atoms with E-state index in [-0.39, 0.29) is 5.41 Å². The molecule has 0 radical (unpaired) electrons. The maximum atomic E-state index is 12.7. The number of hydrogen-bond acceptors (Lipinski definition) is 3. The zero-order valence-electron chi connectivity index (χ0n) is 11.8. The Morgan fingerprint density at radius 2 is 1.84 bits per heavy atom. The fraction of sp³-hybridized carbons (Fsp3) is 1.00. The number of piperidine rings is 1. The summed E-state index contributed by atoms with van der Waals surface area (Å²) < 4.78 is 28.8. The Hall–Kier alpha value is -0.170. The molecule has 3 aliphatic rings. The first-order valence-electron chi connectivity index (χ1n) is 7.48. The molecule has 1 unspecified atom stereocenters. The molecule has 3 rings (SSSR count). The lowest BCUT2D eigenvalue weighted by molar-refractivity contribution is 0.264. The smallest absolute Gasteiger partial charge is 0.281 e. The maximum absolute atomic E-state index is 12.7. The second-order valence-corrected chi connectivity index (χ2v) is 8.53. The molecule has 6 heteroatoms. The quantitative estimate of drug-likeness (QED) is 0.811. The Morgan fingerprint density at radius 1 is 1.11 bits per heavy atom. The van der Waals surface area contributed by atoms with E-state index in [0.29, 0.717) is 32.1 Å². The molecule has 3 saturated heterocycles. The maximum Gasteiger partial charge on any atom is 0.281 e. The topological polar surface area (TPSA) is 52.7 Å². The predicted octanol–water partition coefficient (Wildman–Crippen LogP) is 0.649. The third kappa shape index (κ3) is 2.55. The molecular weight excluding hydrogens is 262 g/mol. The third-order valence-electron chi connectivity index (χ3n) is 5.13. The van der Waals surface area contributed by atoms with Gasteiger partial charge in [0.05, 0.1) is 0 Å². The largest absolute Gasteiger partial charge is 0.316 e. The van der Waals surface area contributed by atoms with Crippen molar-refractivity contribution in [2.75, 3.05) is 39.3 Å². The molecule has 0 amide bonds. The molecule has 3 aliphatic heterocycles. The van der Waals surface area contributed by atoms with Crippen molar-refractivity contribution < 1.29 is 8.42 Å². The number of hydrogen-bond donors (Lipinski definition) is 1. The first-order valence-corrected chi connectivity index (χ1v) is 8.88. The van der Waals surface area contributed by atoms with Gasteiger partial charge in [0, 0.05) is 32.7 Å². The highest BCUT2D eigenvalue weighted by Crippen LogP contribution is 2.38. The molecule has 110 valence electrons. The molecule has 3 fully saturated rings. The van der Waals surface area contributed by atoms with E-state index in [1.807, 2.05) is 0 Å².